The fourth-order valence-electron chi connectivity index (χ4n) is 3.87. The second kappa shape index (κ2) is 7.72. The number of benzene rings is 2. The van der Waals surface area contributed by atoms with Gasteiger partial charge in [-0.3, -0.25) is 14.4 Å². The molecule has 1 saturated heterocycles. The number of rotatable bonds is 4. The predicted octanol–water partition coefficient (Wildman–Crippen LogP) is 4.06. The smallest absolute Gasteiger partial charge is 0.257 e. The molecule has 1 fully saturated rings. The fourth-order valence-corrected chi connectivity index (χ4v) is 4.04. The number of allylic oxidation sites excluding steroid dienone is 2. The minimum atomic E-state index is -0.463. The zero-order valence-electron chi connectivity index (χ0n) is 15.7. The Hall–Kier alpha value is -3.12. The van der Waals surface area contributed by atoms with Gasteiger partial charge in [-0.05, 0) is 43.2 Å². The normalized spacial score (nSPS) is 20.6. The third kappa shape index (κ3) is 3.40. The van der Waals surface area contributed by atoms with E-state index in [1.165, 1.54) is 7.11 Å². The molecule has 2 atom stereocenters. The van der Waals surface area contributed by atoms with Gasteiger partial charge in [0, 0.05) is 5.02 Å². The number of nitrogens with one attached hydrogen (secondary N) is 1. The summed E-state index contributed by atoms with van der Waals surface area (Å²) in [4.78, 5) is 40.0. The van der Waals surface area contributed by atoms with Crippen molar-refractivity contribution in [3.63, 3.8) is 0 Å². The van der Waals surface area contributed by atoms with Crippen LogP contribution in [0.5, 0.6) is 5.75 Å². The van der Waals surface area contributed by atoms with E-state index in [1.54, 1.807) is 42.5 Å². The summed E-state index contributed by atoms with van der Waals surface area (Å²) in [5.41, 5.74) is 0.912. The van der Waals surface area contributed by atoms with E-state index in [9.17, 15) is 14.4 Å². The van der Waals surface area contributed by atoms with E-state index in [4.69, 9.17) is 16.3 Å². The Morgan fingerprint density at radius 1 is 1.07 bits per heavy atom. The molecule has 2 aromatic carbocycles. The molecular weight excluding hydrogens is 392 g/mol. The van der Waals surface area contributed by atoms with Crippen LogP contribution in [0.1, 0.15) is 23.2 Å². The van der Waals surface area contributed by atoms with Crippen molar-refractivity contribution in [2.45, 2.75) is 12.8 Å². The number of hydrogen-bond acceptors (Lipinski definition) is 4. The van der Waals surface area contributed by atoms with Gasteiger partial charge in [0.15, 0.2) is 0 Å². The lowest BCUT2D eigenvalue weighted by Gasteiger charge is -2.19. The highest BCUT2D eigenvalue weighted by molar-refractivity contribution is 6.31. The summed E-state index contributed by atoms with van der Waals surface area (Å²) < 4.78 is 5.27. The first-order valence-electron chi connectivity index (χ1n) is 9.28. The van der Waals surface area contributed by atoms with Crippen LogP contribution in [0.2, 0.25) is 5.02 Å². The molecule has 0 radical (unpaired) electrons. The van der Waals surface area contributed by atoms with Crippen LogP contribution in [0.4, 0.5) is 11.4 Å². The molecule has 1 aliphatic carbocycles. The number of amides is 3. The van der Waals surface area contributed by atoms with Crippen molar-refractivity contribution in [3.8, 4) is 5.75 Å². The standard InChI is InChI=1S/C22H19ClN2O4/c1-29-19-11-10-13(23)12-17(19)24-20(26)16-8-4-5-9-18(16)25-21(27)14-6-2-3-7-15(14)22(25)28/h2-5,8-12,14-15H,6-7H2,1H3,(H,24,26)/t14-,15-/m1/s1. The Balaban J connectivity index is 1.67. The molecule has 1 N–H and O–H groups in total. The molecule has 1 aliphatic heterocycles. The van der Waals surface area contributed by atoms with Crippen LogP contribution in [-0.2, 0) is 9.59 Å². The molecule has 1 heterocycles. The van der Waals surface area contributed by atoms with Crippen LogP contribution in [-0.4, -0.2) is 24.8 Å². The maximum absolute atomic E-state index is 13.0. The fraction of sp³-hybridized carbons (Fsp3) is 0.227. The Morgan fingerprint density at radius 3 is 2.38 bits per heavy atom. The average molecular weight is 411 g/mol. The van der Waals surface area contributed by atoms with E-state index in [2.05, 4.69) is 5.32 Å². The van der Waals surface area contributed by atoms with Crippen LogP contribution in [0.3, 0.4) is 0 Å². The van der Waals surface area contributed by atoms with Gasteiger partial charge >= 0.3 is 0 Å². The third-order valence-corrected chi connectivity index (χ3v) is 5.54. The number of hydrogen-bond donors (Lipinski definition) is 1. The quantitative estimate of drug-likeness (QED) is 0.609. The number of ether oxygens (including phenoxy) is 1. The van der Waals surface area contributed by atoms with Gasteiger partial charge < -0.3 is 10.1 Å². The number of para-hydroxylation sites is 1. The number of carbonyl (C=O) groups is 3. The number of carbonyl (C=O) groups excluding carboxylic acids is 3. The summed E-state index contributed by atoms with van der Waals surface area (Å²) in [5.74, 6) is -1.26. The lowest BCUT2D eigenvalue weighted by molar-refractivity contribution is -0.122. The van der Waals surface area contributed by atoms with Gasteiger partial charge in [-0.15, -0.1) is 0 Å². The third-order valence-electron chi connectivity index (χ3n) is 5.31. The lowest BCUT2D eigenvalue weighted by atomic mass is 9.85. The molecule has 29 heavy (non-hydrogen) atoms. The number of anilines is 2. The van der Waals surface area contributed by atoms with Crippen molar-refractivity contribution in [1.82, 2.24) is 0 Å². The largest absolute Gasteiger partial charge is 0.495 e. The number of fused-ring (bicyclic) bond motifs is 1. The van der Waals surface area contributed by atoms with Gasteiger partial charge in [0.1, 0.15) is 5.75 Å². The Labute approximate surface area is 173 Å². The van der Waals surface area contributed by atoms with Gasteiger partial charge in [-0.1, -0.05) is 35.9 Å². The topological polar surface area (TPSA) is 75.7 Å². The van der Waals surface area contributed by atoms with Crippen LogP contribution in [0.15, 0.2) is 54.6 Å². The highest BCUT2D eigenvalue weighted by Crippen LogP contribution is 2.39. The predicted molar refractivity (Wildman–Crippen MR) is 110 cm³/mol. The highest BCUT2D eigenvalue weighted by Gasteiger charge is 2.48. The molecule has 148 valence electrons. The Bertz CT molecular complexity index is 1010. The molecule has 0 unspecified atom stereocenters. The second-order valence-corrected chi connectivity index (χ2v) is 7.42. The van der Waals surface area contributed by atoms with E-state index >= 15 is 0 Å². The molecule has 7 heteroatoms. The molecular formula is C22H19ClN2O4. The number of methoxy groups -OCH3 is 1. The number of nitrogens with zero attached hydrogens (tertiary/aromatic N) is 1. The Morgan fingerprint density at radius 2 is 1.72 bits per heavy atom. The second-order valence-electron chi connectivity index (χ2n) is 6.98. The van der Waals surface area contributed by atoms with Crippen LogP contribution in [0, 0.1) is 11.8 Å². The van der Waals surface area contributed by atoms with Crippen molar-refractivity contribution in [3.05, 3.63) is 65.2 Å². The minimum Gasteiger partial charge on any atom is -0.495 e. The molecule has 0 aromatic heterocycles. The Kier molecular flexibility index (Phi) is 5.11. The minimum absolute atomic E-state index is 0.225. The molecule has 3 amide bonds. The van der Waals surface area contributed by atoms with Gasteiger partial charge in [0.05, 0.1) is 35.9 Å². The van der Waals surface area contributed by atoms with Crippen molar-refractivity contribution in [1.29, 1.82) is 0 Å². The summed E-state index contributed by atoms with van der Waals surface area (Å²) >= 11 is 6.04. The van der Waals surface area contributed by atoms with Gasteiger partial charge in [-0.25, -0.2) is 4.90 Å². The van der Waals surface area contributed by atoms with Crippen LogP contribution < -0.4 is 15.0 Å². The summed E-state index contributed by atoms with van der Waals surface area (Å²) in [7, 11) is 1.49. The summed E-state index contributed by atoms with van der Waals surface area (Å²) in [6.07, 6.45) is 4.94. The SMILES string of the molecule is COc1ccc(Cl)cc1NC(=O)c1ccccc1N1C(=O)[C@@H]2CC=CC[C@H]2C1=O. The molecule has 6 nitrogen and oxygen atoms in total. The van der Waals surface area contributed by atoms with Crippen LogP contribution in [0.25, 0.3) is 0 Å². The van der Waals surface area contributed by atoms with Crippen molar-refractivity contribution in [2.75, 3.05) is 17.3 Å². The van der Waals surface area contributed by atoms with Crippen LogP contribution >= 0.6 is 11.6 Å². The number of imide groups is 1. The molecule has 0 spiro atoms. The molecule has 2 aliphatic rings. The van der Waals surface area contributed by atoms with Crippen molar-refractivity contribution >= 4 is 40.7 Å². The summed E-state index contributed by atoms with van der Waals surface area (Å²) in [5, 5.41) is 3.21. The molecule has 0 saturated carbocycles. The first-order valence-corrected chi connectivity index (χ1v) is 9.65. The van der Waals surface area contributed by atoms with Gasteiger partial charge in [-0.2, -0.15) is 0 Å². The lowest BCUT2D eigenvalue weighted by Crippen LogP contribution is -2.33. The molecule has 2 aromatic rings. The van der Waals surface area contributed by atoms with E-state index in [1.807, 2.05) is 12.2 Å². The molecule has 4 rings (SSSR count). The van der Waals surface area contributed by atoms with E-state index in [-0.39, 0.29) is 34.9 Å². The first kappa shape index (κ1) is 19.2. The zero-order chi connectivity index (χ0) is 20.5. The van der Waals surface area contributed by atoms with Gasteiger partial charge in [0.25, 0.3) is 5.91 Å². The zero-order valence-corrected chi connectivity index (χ0v) is 16.5. The maximum atomic E-state index is 13.0. The first-order chi connectivity index (χ1) is 14.0. The van der Waals surface area contributed by atoms with Crippen molar-refractivity contribution in [2.24, 2.45) is 11.8 Å². The van der Waals surface area contributed by atoms with Gasteiger partial charge in [0.2, 0.25) is 11.8 Å². The highest BCUT2D eigenvalue weighted by atomic mass is 35.5. The summed E-state index contributed by atoms with van der Waals surface area (Å²) in [6, 6.07) is 11.5. The van der Waals surface area contributed by atoms with E-state index in [0.717, 1.165) is 4.90 Å². The summed E-state index contributed by atoms with van der Waals surface area (Å²) in [6.45, 7) is 0. The number of halogens is 1. The van der Waals surface area contributed by atoms with Crippen molar-refractivity contribution < 1.29 is 19.1 Å². The van der Waals surface area contributed by atoms with E-state index < -0.39 is 5.91 Å². The molecule has 0 bridgehead atoms. The maximum Gasteiger partial charge on any atom is 0.257 e. The monoisotopic (exact) mass is 410 g/mol. The average Bonchev–Trinajstić information content (AvgIpc) is 2.99. The van der Waals surface area contributed by atoms with E-state index in [0.29, 0.717) is 29.3 Å².